The molecule has 0 aliphatic carbocycles. The molecule has 0 unspecified atom stereocenters. The Labute approximate surface area is 212 Å². The fraction of sp³-hybridized carbons (Fsp3) is 0.231. The van der Waals surface area contributed by atoms with E-state index in [1.165, 1.54) is 19.4 Å². The summed E-state index contributed by atoms with van der Waals surface area (Å²) in [5, 5.41) is 4.04. The summed E-state index contributed by atoms with van der Waals surface area (Å²) in [4.78, 5) is 12.5. The van der Waals surface area contributed by atoms with Gasteiger partial charge >= 0.3 is 0 Å². The Hall–Kier alpha value is -3.59. The molecule has 9 heteroatoms. The third-order valence-electron chi connectivity index (χ3n) is 4.77. The van der Waals surface area contributed by atoms with Gasteiger partial charge in [0.1, 0.15) is 12.4 Å². The molecular formula is C26H26BrFN2O5. The number of ether oxygens (including phenoxy) is 4. The lowest BCUT2D eigenvalue weighted by Gasteiger charge is -2.14. The van der Waals surface area contributed by atoms with Crippen molar-refractivity contribution in [2.24, 2.45) is 5.10 Å². The van der Waals surface area contributed by atoms with Crippen LogP contribution in [0, 0.1) is 5.82 Å². The van der Waals surface area contributed by atoms with E-state index in [0.29, 0.717) is 57.4 Å². The van der Waals surface area contributed by atoms with E-state index in [1.807, 2.05) is 13.8 Å². The van der Waals surface area contributed by atoms with Gasteiger partial charge in [0.05, 0.1) is 31.0 Å². The number of hydrogen-bond acceptors (Lipinski definition) is 6. The van der Waals surface area contributed by atoms with Crippen molar-refractivity contribution in [3.8, 4) is 23.0 Å². The second-order valence-electron chi connectivity index (χ2n) is 7.14. The van der Waals surface area contributed by atoms with Crippen LogP contribution in [0.4, 0.5) is 4.39 Å². The third kappa shape index (κ3) is 6.95. The monoisotopic (exact) mass is 544 g/mol. The predicted molar refractivity (Wildman–Crippen MR) is 135 cm³/mol. The van der Waals surface area contributed by atoms with Gasteiger partial charge in [0.25, 0.3) is 5.91 Å². The van der Waals surface area contributed by atoms with E-state index in [4.69, 9.17) is 18.9 Å². The van der Waals surface area contributed by atoms with E-state index in [-0.39, 0.29) is 12.4 Å². The molecule has 0 heterocycles. The summed E-state index contributed by atoms with van der Waals surface area (Å²) in [7, 11) is 1.50. The number of carbonyl (C=O) groups is 1. The molecule has 0 radical (unpaired) electrons. The zero-order valence-corrected chi connectivity index (χ0v) is 21.2. The van der Waals surface area contributed by atoms with Crippen molar-refractivity contribution in [2.75, 3.05) is 20.3 Å². The number of amides is 1. The van der Waals surface area contributed by atoms with E-state index in [9.17, 15) is 9.18 Å². The van der Waals surface area contributed by atoms with Gasteiger partial charge in [-0.2, -0.15) is 5.10 Å². The summed E-state index contributed by atoms with van der Waals surface area (Å²) >= 11 is 3.46. The van der Waals surface area contributed by atoms with E-state index < -0.39 is 5.91 Å². The topological polar surface area (TPSA) is 78.4 Å². The first-order valence-electron chi connectivity index (χ1n) is 10.9. The van der Waals surface area contributed by atoms with Crippen LogP contribution >= 0.6 is 15.9 Å². The highest BCUT2D eigenvalue weighted by atomic mass is 79.9. The molecule has 0 aliphatic rings. The summed E-state index contributed by atoms with van der Waals surface area (Å²) in [5.74, 6) is 1.17. The van der Waals surface area contributed by atoms with Crippen LogP contribution in [0.25, 0.3) is 0 Å². The van der Waals surface area contributed by atoms with Gasteiger partial charge < -0.3 is 18.9 Å². The summed E-state index contributed by atoms with van der Waals surface area (Å²) in [5.41, 5.74) is 3.95. The van der Waals surface area contributed by atoms with Crippen LogP contribution in [0.2, 0.25) is 0 Å². The molecule has 0 atom stereocenters. The first kappa shape index (κ1) is 26.0. The van der Waals surface area contributed by atoms with E-state index in [1.54, 1.807) is 48.5 Å². The Morgan fingerprint density at radius 3 is 2.46 bits per heavy atom. The number of nitrogens with one attached hydrogen (secondary N) is 1. The van der Waals surface area contributed by atoms with Crippen molar-refractivity contribution in [1.82, 2.24) is 5.43 Å². The predicted octanol–water partition coefficient (Wildman–Crippen LogP) is 5.74. The van der Waals surface area contributed by atoms with Crippen LogP contribution in [0.5, 0.6) is 23.0 Å². The zero-order chi connectivity index (χ0) is 25.2. The highest BCUT2D eigenvalue weighted by Gasteiger charge is 2.14. The van der Waals surface area contributed by atoms with Gasteiger partial charge in [0.2, 0.25) is 0 Å². The van der Waals surface area contributed by atoms with Crippen molar-refractivity contribution >= 4 is 28.1 Å². The van der Waals surface area contributed by atoms with E-state index in [2.05, 4.69) is 26.5 Å². The van der Waals surface area contributed by atoms with Crippen LogP contribution in [-0.4, -0.2) is 32.4 Å². The van der Waals surface area contributed by atoms with Crippen LogP contribution in [0.1, 0.15) is 35.3 Å². The highest BCUT2D eigenvalue weighted by Crippen LogP contribution is 2.37. The molecular weight excluding hydrogens is 519 g/mol. The van der Waals surface area contributed by atoms with E-state index >= 15 is 0 Å². The number of hydrazone groups is 1. The molecule has 0 spiro atoms. The Balaban J connectivity index is 1.70. The molecule has 0 fully saturated rings. The number of nitrogens with zero attached hydrogens (tertiary/aromatic N) is 1. The molecule has 3 aromatic carbocycles. The summed E-state index contributed by atoms with van der Waals surface area (Å²) in [6, 6.07) is 14.8. The summed E-state index contributed by atoms with van der Waals surface area (Å²) in [6.07, 6.45) is 1.48. The largest absolute Gasteiger partial charge is 0.493 e. The fourth-order valence-corrected chi connectivity index (χ4v) is 3.72. The third-order valence-corrected chi connectivity index (χ3v) is 5.36. The van der Waals surface area contributed by atoms with Crippen LogP contribution < -0.4 is 24.4 Å². The lowest BCUT2D eigenvalue weighted by molar-refractivity contribution is 0.0954. The van der Waals surface area contributed by atoms with Crippen molar-refractivity contribution in [2.45, 2.75) is 20.5 Å². The average molecular weight is 545 g/mol. The molecule has 1 amide bonds. The van der Waals surface area contributed by atoms with Crippen molar-refractivity contribution in [1.29, 1.82) is 0 Å². The molecule has 7 nitrogen and oxygen atoms in total. The van der Waals surface area contributed by atoms with Crippen LogP contribution in [-0.2, 0) is 6.61 Å². The van der Waals surface area contributed by atoms with Gasteiger partial charge in [-0.25, -0.2) is 9.82 Å². The van der Waals surface area contributed by atoms with Gasteiger partial charge in [0, 0.05) is 11.1 Å². The van der Waals surface area contributed by atoms with Crippen molar-refractivity contribution in [3.63, 3.8) is 0 Å². The van der Waals surface area contributed by atoms with E-state index in [0.717, 1.165) is 0 Å². The molecule has 1 N–H and O–H groups in total. The van der Waals surface area contributed by atoms with Gasteiger partial charge in [-0.1, -0.05) is 18.2 Å². The number of hydrogen-bond donors (Lipinski definition) is 1. The maximum atomic E-state index is 13.9. The Morgan fingerprint density at radius 1 is 1.00 bits per heavy atom. The SMILES string of the molecule is CCOc1ccc(C(=O)N/N=C/c2cc(Br)c(OCc3ccccc3F)c(OC)c2)cc1OCC. The molecule has 0 aromatic heterocycles. The van der Waals surface area contributed by atoms with Crippen molar-refractivity contribution in [3.05, 3.63) is 81.6 Å². The Kier molecular flexibility index (Phi) is 9.48. The van der Waals surface area contributed by atoms with Crippen LogP contribution in [0.15, 0.2) is 64.2 Å². The van der Waals surface area contributed by atoms with Gasteiger partial charge in [-0.3, -0.25) is 4.79 Å². The fourth-order valence-electron chi connectivity index (χ4n) is 3.14. The quantitative estimate of drug-likeness (QED) is 0.246. The van der Waals surface area contributed by atoms with Crippen LogP contribution in [0.3, 0.4) is 0 Å². The molecule has 0 saturated heterocycles. The lowest BCUT2D eigenvalue weighted by Crippen LogP contribution is -2.17. The van der Waals surface area contributed by atoms with Gasteiger partial charge in [0.15, 0.2) is 23.0 Å². The van der Waals surface area contributed by atoms with Gasteiger partial charge in [-0.15, -0.1) is 0 Å². The summed E-state index contributed by atoms with van der Waals surface area (Å²) < 4.78 is 36.8. The molecule has 35 heavy (non-hydrogen) atoms. The summed E-state index contributed by atoms with van der Waals surface area (Å²) in [6.45, 7) is 4.70. The molecule has 0 saturated carbocycles. The lowest BCUT2D eigenvalue weighted by atomic mass is 10.2. The smallest absolute Gasteiger partial charge is 0.271 e. The highest BCUT2D eigenvalue weighted by molar-refractivity contribution is 9.10. The number of halogens is 2. The average Bonchev–Trinajstić information content (AvgIpc) is 2.85. The number of benzene rings is 3. The van der Waals surface area contributed by atoms with Crippen molar-refractivity contribution < 1.29 is 28.1 Å². The second kappa shape index (κ2) is 12.8. The zero-order valence-electron chi connectivity index (χ0n) is 19.6. The number of methoxy groups -OCH3 is 1. The molecule has 0 aliphatic heterocycles. The molecule has 3 aromatic rings. The minimum atomic E-state index is -0.402. The normalized spacial score (nSPS) is 10.8. The minimum absolute atomic E-state index is 0.0386. The maximum absolute atomic E-state index is 13.9. The Morgan fingerprint density at radius 2 is 1.74 bits per heavy atom. The first-order valence-corrected chi connectivity index (χ1v) is 11.7. The molecule has 3 rings (SSSR count). The second-order valence-corrected chi connectivity index (χ2v) is 8.00. The Bertz CT molecular complexity index is 1200. The standard InChI is InChI=1S/C26H26BrFN2O5/c1-4-33-22-11-10-18(14-23(22)34-5-2)26(31)30-29-15-17-12-20(27)25(24(13-17)32-3)35-16-19-8-6-7-9-21(19)28/h6-15H,4-5,16H2,1-3H3,(H,30,31)/b29-15+. The first-order chi connectivity index (χ1) is 17.0. The number of rotatable bonds is 11. The minimum Gasteiger partial charge on any atom is -0.493 e. The van der Waals surface area contributed by atoms with Gasteiger partial charge in [-0.05, 0) is 71.7 Å². The maximum Gasteiger partial charge on any atom is 0.271 e. The molecule has 0 bridgehead atoms. The number of carbonyl (C=O) groups excluding carboxylic acids is 1. The molecule has 184 valence electrons.